The minimum atomic E-state index is 0.299. The molecule has 0 spiro atoms. The van der Waals surface area contributed by atoms with Gasteiger partial charge in [0.25, 0.3) is 0 Å². The molecule has 0 fully saturated rings. The Balaban J connectivity index is 1.89. The summed E-state index contributed by atoms with van der Waals surface area (Å²) < 4.78 is 5.45. The van der Waals surface area contributed by atoms with Crippen LogP contribution in [0.5, 0.6) is 0 Å². The van der Waals surface area contributed by atoms with Crippen LogP contribution in [-0.2, 0) is 7.05 Å². The molecule has 0 aliphatic carbocycles. The van der Waals surface area contributed by atoms with Gasteiger partial charge in [0.05, 0.1) is 0 Å². The van der Waals surface area contributed by atoms with Gasteiger partial charge in [-0.2, -0.15) is 0 Å². The first-order chi connectivity index (χ1) is 14.6. The molecular formula is C28H22NSe+. The quantitative estimate of drug-likeness (QED) is 0.199. The number of nitrogens with zero attached hydrogens (tertiary/aromatic N) is 1. The van der Waals surface area contributed by atoms with E-state index in [9.17, 15) is 0 Å². The zero-order valence-electron chi connectivity index (χ0n) is 17.4. The maximum absolute atomic E-state index is 2.44. The molecule has 30 heavy (non-hydrogen) atoms. The molecule has 0 amide bonds. The molecule has 6 aromatic rings. The Morgan fingerprint density at radius 1 is 0.733 bits per heavy atom. The first-order valence-corrected chi connectivity index (χ1v) is 12.1. The third-order valence-corrected chi connectivity index (χ3v) is 8.89. The molecule has 4 aromatic carbocycles. The molecule has 6 rings (SSSR count). The van der Waals surface area contributed by atoms with Gasteiger partial charge in [-0.15, -0.1) is 0 Å². The van der Waals surface area contributed by atoms with Gasteiger partial charge in [0.2, 0.25) is 0 Å². The molecule has 0 bridgehead atoms. The summed E-state index contributed by atoms with van der Waals surface area (Å²) in [5, 5.41) is 6.90. The van der Waals surface area contributed by atoms with E-state index >= 15 is 0 Å². The molecule has 0 N–H and O–H groups in total. The van der Waals surface area contributed by atoms with Crippen molar-refractivity contribution >= 4 is 55.5 Å². The van der Waals surface area contributed by atoms with Crippen molar-refractivity contribution in [2.45, 2.75) is 13.8 Å². The molecule has 0 saturated heterocycles. The molecule has 0 unspecified atom stereocenters. The van der Waals surface area contributed by atoms with E-state index in [2.05, 4.69) is 104 Å². The Morgan fingerprint density at radius 3 is 2.23 bits per heavy atom. The molecule has 0 aliphatic heterocycles. The average molecular weight is 451 g/mol. The second-order valence-corrected chi connectivity index (χ2v) is 10.3. The molecule has 0 saturated carbocycles. The van der Waals surface area contributed by atoms with Gasteiger partial charge in [0.15, 0.2) is 0 Å². The predicted molar refractivity (Wildman–Crippen MR) is 129 cm³/mol. The third kappa shape index (κ3) is 2.38. The fourth-order valence-corrected chi connectivity index (χ4v) is 7.81. The van der Waals surface area contributed by atoms with E-state index in [1.807, 2.05) is 0 Å². The van der Waals surface area contributed by atoms with Crippen molar-refractivity contribution in [3.8, 4) is 11.3 Å². The zero-order chi connectivity index (χ0) is 20.4. The van der Waals surface area contributed by atoms with Gasteiger partial charge < -0.3 is 0 Å². The van der Waals surface area contributed by atoms with Crippen molar-refractivity contribution < 1.29 is 4.57 Å². The van der Waals surface area contributed by atoms with Crippen LogP contribution in [0.2, 0.25) is 0 Å². The summed E-state index contributed by atoms with van der Waals surface area (Å²) in [7, 11) is 2.24. The molecular weight excluding hydrogens is 429 g/mol. The number of aryl methyl sites for hydroxylation is 3. The molecule has 0 radical (unpaired) electrons. The van der Waals surface area contributed by atoms with E-state index in [1.54, 1.807) is 0 Å². The summed E-state index contributed by atoms with van der Waals surface area (Å²) in [6, 6.07) is 29.0. The van der Waals surface area contributed by atoms with Crippen LogP contribution >= 0.6 is 0 Å². The van der Waals surface area contributed by atoms with Gasteiger partial charge in [-0.25, -0.2) is 0 Å². The molecule has 2 heteroatoms. The van der Waals surface area contributed by atoms with Crippen molar-refractivity contribution in [1.82, 2.24) is 0 Å². The van der Waals surface area contributed by atoms with Crippen LogP contribution in [-0.4, -0.2) is 14.5 Å². The van der Waals surface area contributed by atoms with E-state index in [4.69, 9.17) is 0 Å². The summed E-state index contributed by atoms with van der Waals surface area (Å²) in [6.07, 6.45) is 0. The van der Waals surface area contributed by atoms with Crippen LogP contribution in [0.15, 0.2) is 78.9 Å². The minimum absolute atomic E-state index is 0.299. The van der Waals surface area contributed by atoms with Gasteiger partial charge in [-0.3, -0.25) is 0 Å². The van der Waals surface area contributed by atoms with Gasteiger partial charge in [-0.1, -0.05) is 0 Å². The first kappa shape index (κ1) is 17.9. The normalized spacial score (nSPS) is 11.8. The Labute approximate surface area is 181 Å². The van der Waals surface area contributed by atoms with Crippen LogP contribution in [0.3, 0.4) is 0 Å². The van der Waals surface area contributed by atoms with Crippen LogP contribution < -0.4 is 4.57 Å². The fourth-order valence-electron chi connectivity index (χ4n) is 5.08. The first-order valence-electron chi connectivity index (χ1n) is 10.4. The maximum atomic E-state index is 2.44. The van der Waals surface area contributed by atoms with E-state index in [0.717, 1.165) is 0 Å². The van der Waals surface area contributed by atoms with Gasteiger partial charge >= 0.3 is 182 Å². The van der Waals surface area contributed by atoms with Gasteiger partial charge in [-0.05, 0) is 0 Å². The van der Waals surface area contributed by atoms with Crippen LogP contribution in [0.1, 0.15) is 11.1 Å². The van der Waals surface area contributed by atoms with Crippen LogP contribution in [0, 0.1) is 13.8 Å². The second-order valence-electron chi connectivity index (χ2n) is 8.14. The number of rotatable bonds is 1. The predicted octanol–water partition coefficient (Wildman–Crippen LogP) is 6.46. The number of pyridine rings is 1. The number of benzene rings is 4. The SMILES string of the molecule is Cc1cc2ccccc2c(C)c1-c1c2[se]c3ccccc3c2c2ccccc2[n+]1C. The van der Waals surface area contributed by atoms with Crippen LogP contribution in [0.25, 0.3) is 52.2 Å². The number of hydrogen-bond acceptors (Lipinski definition) is 0. The second kappa shape index (κ2) is 6.54. The summed E-state index contributed by atoms with van der Waals surface area (Å²) in [5.74, 6) is 0. The standard InChI is InChI=1S/C28H22NSe/c1-17-16-19-10-4-5-11-20(19)18(2)25(17)27-28-26(22-13-7-9-15-24(22)30-28)21-12-6-8-14-23(21)29(27)3/h4-16H,1-3H3/q+1. The number of hydrogen-bond donors (Lipinski definition) is 0. The Morgan fingerprint density at radius 2 is 1.40 bits per heavy atom. The number of aromatic nitrogens is 1. The van der Waals surface area contributed by atoms with E-state index in [0.29, 0.717) is 14.5 Å². The van der Waals surface area contributed by atoms with Gasteiger partial charge in [0.1, 0.15) is 0 Å². The monoisotopic (exact) mass is 452 g/mol. The zero-order valence-corrected chi connectivity index (χ0v) is 19.1. The molecule has 0 aliphatic rings. The summed E-state index contributed by atoms with van der Waals surface area (Å²) in [6.45, 7) is 4.56. The molecule has 0 atom stereocenters. The number of fused-ring (bicyclic) bond motifs is 6. The number of para-hydroxylation sites is 1. The van der Waals surface area contributed by atoms with Crippen molar-refractivity contribution in [2.75, 3.05) is 0 Å². The summed E-state index contributed by atoms with van der Waals surface area (Å²) >= 11 is 0.299. The molecule has 2 aromatic heterocycles. The molecule has 1 nitrogen and oxygen atoms in total. The Hall–Kier alpha value is -2.93. The molecule has 144 valence electrons. The van der Waals surface area contributed by atoms with E-state index < -0.39 is 0 Å². The topological polar surface area (TPSA) is 3.88 Å². The Kier molecular flexibility index (Phi) is 3.90. The fraction of sp³-hybridized carbons (Fsp3) is 0.107. The van der Waals surface area contributed by atoms with E-state index in [1.165, 1.54) is 63.4 Å². The summed E-state index contributed by atoms with van der Waals surface area (Å²) in [4.78, 5) is 0. The third-order valence-electron chi connectivity index (χ3n) is 6.42. The van der Waals surface area contributed by atoms with E-state index in [-0.39, 0.29) is 0 Å². The average Bonchev–Trinajstić information content (AvgIpc) is 3.15. The molecule has 2 heterocycles. The van der Waals surface area contributed by atoms with Crippen molar-refractivity contribution in [1.29, 1.82) is 0 Å². The van der Waals surface area contributed by atoms with Crippen LogP contribution in [0.4, 0.5) is 0 Å². The van der Waals surface area contributed by atoms with Crippen molar-refractivity contribution in [3.63, 3.8) is 0 Å². The van der Waals surface area contributed by atoms with Gasteiger partial charge in [0, 0.05) is 0 Å². The summed E-state index contributed by atoms with van der Waals surface area (Å²) in [5.41, 5.74) is 6.82. The van der Waals surface area contributed by atoms with Crippen molar-refractivity contribution in [3.05, 3.63) is 90.0 Å². The van der Waals surface area contributed by atoms with Crippen molar-refractivity contribution in [2.24, 2.45) is 7.05 Å². The Bertz CT molecular complexity index is 1620.